The lowest BCUT2D eigenvalue weighted by Crippen LogP contribution is -2.46. The monoisotopic (exact) mass is 348 g/mol. The van der Waals surface area contributed by atoms with Crippen LogP contribution in [0.3, 0.4) is 0 Å². The molecule has 3 heteroatoms. The average Bonchev–Trinajstić information content (AvgIpc) is 2.68. The van der Waals surface area contributed by atoms with Crippen LogP contribution in [0.25, 0.3) is 0 Å². The maximum absolute atomic E-state index is 12.2. The molecule has 1 aliphatic carbocycles. The number of rotatable bonds is 2. The van der Waals surface area contributed by atoms with Crippen molar-refractivity contribution in [3.8, 4) is 0 Å². The van der Waals surface area contributed by atoms with Gasteiger partial charge in [-0.05, 0) is 24.9 Å². The Bertz CT molecular complexity index is 465. The number of carbonyl (C=O) groups is 1. The van der Waals surface area contributed by atoms with Crippen LogP contribution in [0.4, 0.5) is 0 Å². The molecule has 0 aromatic heterocycles. The molecule has 1 heterocycles. The quantitative estimate of drug-likeness (QED) is 0.770. The molecule has 1 aliphatic heterocycles. The first kappa shape index (κ1) is 23.8. The summed E-state index contributed by atoms with van der Waals surface area (Å²) < 4.78 is 0. The van der Waals surface area contributed by atoms with E-state index in [4.69, 9.17) is 0 Å². The van der Waals surface area contributed by atoms with Crippen LogP contribution in [0.2, 0.25) is 0 Å². The normalized spacial score (nSPS) is 20.0. The van der Waals surface area contributed by atoms with E-state index in [1.54, 1.807) is 0 Å². The molecule has 0 radical (unpaired) electrons. The number of likely N-dealkylation sites (N-methyl/N-ethyl adjacent to an activating group) is 1. The van der Waals surface area contributed by atoms with E-state index in [1.807, 2.05) is 59.7 Å². The van der Waals surface area contributed by atoms with E-state index in [0.717, 1.165) is 51.1 Å². The Morgan fingerprint density at radius 2 is 1.44 bits per heavy atom. The van der Waals surface area contributed by atoms with Gasteiger partial charge < -0.3 is 9.80 Å². The molecule has 1 aromatic carbocycles. The van der Waals surface area contributed by atoms with E-state index in [2.05, 4.69) is 22.9 Å². The molecule has 1 aromatic rings. The molecular formula is C22H40N2O. The van der Waals surface area contributed by atoms with Gasteiger partial charge in [0.15, 0.2) is 5.78 Å². The highest BCUT2D eigenvalue weighted by Gasteiger charge is 2.26. The third kappa shape index (κ3) is 7.70. The van der Waals surface area contributed by atoms with Crippen molar-refractivity contribution in [2.75, 3.05) is 39.8 Å². The average molecular weight is 349 g/mol. The van der Waals surface area contributed by atoms with Gasteiger partial charge in [-0.25, -0.2) is 0 Å². The zero-order valence-electron chi connectivity index (χ0n) is 17.6. The molecule has 1 fully saturated rings. The van der Waals surface area contributed by atoms with Crippen molar-refractivity contribution >= 4 is 5.78 Å². The van der Waals surface area contributed by atoms with Crippen LogP contribution < -0.4 is 0 Å². The summed E-state index contributed by atoms with van der Waals surface area (Å²) in [6.45, 7) is 17.7. The maximum Gasteiger partial charge on any atom is 0.163 e. The molecule has 1 atom stereocenters. The molecule has 0 saturated carbocycles. The van der Waals surface area contributed by atoms with E-state index in [-0.39, 0.29) is 0 Å². The van der Waals surface area contributed by atoms with Gasteiger partial charge in [-0.15, -0.1) is 0 Å². The van der Waals surface area contributed by atoms with Gasteiger partial charge >= 0.3 is 0 Å². The fraction of sp³-hybridized carbons (Fsp3) is 0.682. The third-order valence-corrected chi connectivity index (χ3v) is 4.41. The Kier molecular flexibility index (Phi) is 13.4. The van der Waals surface area contributed by atoms with Gasteiger partial charge in [0, 0.05) is 44.7 Å². The topological polar surface area (TPSA) is 23.6 Å². The predicted octanol–water partition coefficient (Wildman–Crippen LogP) is 4.76. The maximum atomic E-state index is 12.2. The van der Waals surface area contributed by atoms with Crippen LogP contribution in [0, 0.1) is 5.92 Å². The molecule has 1 saturated heterocycles. The van der Waals surface area contributed by atoms with E-state index in [9.17, 15) is 4.79 Å². The molecular weight excluding hydrogens is 308 g/mol. The standard InChI is InChI=1S/C16H22N2O.3C2H6/c1-17-6-8-18(9-7-17)12-13-10-14-4-2-3-5-15(14)16(19)11-13;3*1-2/h2-5,13H,6-12H2,1H3;3*1-2H3. The summed E-state index contributed by atoms with van der Waals surface area (Å²) >= 11 is 0. The van der Waals surface area contributed by atoms with Crippen molar-refractivity contribution in [3.63, 3.8) is 0 Å². The summed E-state index contributed by atoms with van der Waals surface area (Å²) in [5, 5.41) is 0. The molecule has 3 rings (SSSR count). The number of fused-ring (bicyclic) bond motifs is 1. The number of Topliss-reactive ketones (excluding diaryl/α,β-unsaturated/α-hetero) is 1. The summed E-state index contributed by atoms with van der Waals surface area (Å²) in [7, 11) is 2.18. The molecule has 2 aliphatic rings. The molecule has 1 unspecified atom stereocenters. The largest absolute Gasteiger partial charge is 0.304 e. The van der Waals surface area contributed by atoms with Crippen LogP contribution in [-0.2, 0) is 6.42 Å². The summed E-state index contributed by atoms with van der Waals surface area (Å²) in [4.78, 5) is 17.1. The molecule has 0 amide bonds. The predicted molar refractivity (Wildman–Crippen MR) is 111 cm³/mol. The number of benzene rings is 1. The van der Waals surface area contributed by atoms with Crippen LogP contribution >= 0.6 is 0 Å². The molecule has 3 nitrogen and oxygen atoms in total. The minimum atomic E-state index is 0.334. The lowest BCUT2D eigenvalue weighted by molar-refractivity contribution is 0.0904. The molecule has 0 N–H and O–H groups in total. The minimum Gasteiger partial charge on any atom is -0.304 e. The van der Waals surface area contributed by atoms with Gasteiger partial charge in [-0.3, -0.25) is 4.79 Å². The van der Waals surface area contributed by atoms with Crippen molar-refractivity contribution in [2.24, 2.45) is 5.92 Å². The highest BCUT2D eigenvalue weighted by molar-refractivity contribution is 5.98. The number of nitrogens with zero attached hydrogens (tertiary/aromatic N) is 2. The second-order valence-electron chi connectivity index (χ2n) is 5.96. The van der Waals surface area contributed by atoms with Gasteiger partial charge in [0.2, 0.25) is 0 Å². The third-order valence-electron chi connectivity index (χ3n) is 4.41. The van der Waals surface area contributed by atoms with E-state index in [0.29, 0.717) is 11.7 Å². The van der Waals surface area contributed by atoms with Gasteiger partial charge in [0.25, 0.3) is 0 Å². The van der Waals surface area contributed by atoms with Gasteiger partial charge in [0.05, 0.1) is 0 Å². The Morgan fingerprint density at radius 3 is 2.04 bits per heavy atom. The SMILES string of the molecule is CC.CC.CC.CN1CCN(CC2CC(=O)c3ccccc3C2)CC1. The van der Waals surface area contributed by atoms with E-state index >= 15 is 0 Å². The number of hydrogen-bond donors (Lipinski definition) is 0. The first-order valence-electron chi connectivity index (χ1n) is 10.2. The first-order valence-corrected chi connectivity index (χ1v) is 10.2. The van der Waals surface area contributed by atoms with Crippen LogP contribution in [-0.4, -0.2) is 55.4 Å². The van der Waals surface area contributed by atoms with Crippen molar-refractivity contribution in [2.45, 2.75) is 54.4 Å². The fourth-order valence-electron chi connectivity index (χ4n) is 3.25. The van der Waals surface area contributed by atoms with Crippen molar-refractivity contribution in [3.05, 3.63) is 35.4 Å². The molecule has 25 heavy (non-hydrogen) atoms. The fourth-order valence-corrected chi connectivity index (χ4v) is 3.25. The minimum absolute atomic E-state index is 0.334. The zero-order chi connectivity index (χ0) is 19.2. The number of carbonyl (C=O) groups excluding carboxylic acids is 1. The zero-order valence-corrected chi connectivity index (χ0v) is 17.6. The molecule has 144 valence electrons. The van der Waals surface area contributed by atoms with Crippen molar-refractivity contribution < 1.29 is 4.79 Å². The van der Waals surface area contributed by atoms with Crippen molar-refractivity contribution in [1.82, 2.24) is 9.80 Å². The Morgan fingerprint density at radius 1 is 0.880 bits per heavy atom. The van der Waals surface area contributed by atoms with E-state index in [1.165, 1.54) is 5.56 Å². The Hall–Kier alpha value is -1.19. The van der Waals surface area contributed by atoms with Gasteiger partial charge in [-0.2, -0.15) is 0 Å². The lowest BCUT2D eigenvalue weighted by Gasteiger charge is -2.35. The Balaban J connectivity index is 0.000000871. The lowest BCUT2D eigenvalue weighted by atomic mass is 9.83. The second kappa shape index (κ2) is 14.0. The summed E-state index contributed by atoms with van der Waals surface area (Å²) in [5.74, 6) is 0.840. The van der Waals surface area contributed by atoms with E-state index < -0.39 is 0 Å². The summed E-state index contributed by atoms with van der Waals surface area (Å²) in [5.41, 5.74) is 2.20. The highest BCUT2D eigenvalue weighted by atomic mass is 16.1. The van der Waals surface area contributed by atoms with Gasteiger partial charge in [-0.1, -0.05) is 65.8 Å². The van der Waals surface area contributed by atoms with Crippen molar-refractivity contribution in [1.29, 1.82) is 0 Å². The molecule has 0 spiro atoms. The number of ketones is 1. The number of hydrogen-bond acceptors (Lipinski definition) is 3. The van der Waals surface area contributed by atoms with Crippen LogP contribution in [0.1, 0.15) is 63.9 Å². The van der Waals surface area contributed by atoms with Crippen LogP contribution in [0.15, 0.2) is 24.3 Å². The highest BCUT2D eigenvalue weighted by Crippen LogP contribution is 2.26. The van der Waals surface area contributed by atoms with Gasteiger partial charge in [0.1, 0.15) is 0 Å². The van der Waals surface area contributed by atoms with Crippen LogP contribution in [0.5, 0.6) is 0 Å². The first-order chi connectivity index (χ1) is 12.2. The second-order valence-corrected chi connectivity index (χ2v) is 5.96. The molecule has 0 bridgehead atoms. The number of piperazine rings is 1. The summed E-state index contributed by atoms with van der Waals surface area (Å²) in [6, 6.07) is 8.11. The Labute approximate surface area is 156 Å². The smallest absolute Gasteiger partial charge is 0.163 e. The summed E-state index contributed by atoms with van der Waals surface area (Å²) in [6.07, 6.45) is 1.79.